The molecule has 0 saturated heterocycles. The van der Waals surface area contributed by atoms with Crippen LogP contribution in [0.25, 0.3) is 0 Å². The quantitative estimate of drug-likeness (QED) is 0.621. The molecule has 0 bridgehead atoms. The summed E-state index contributed by atoms with van der Waals surface area (Å²) in [5.74, 6) is -1.28. The van der Waals surface area contributed by atoms with Gasteiger partial charge in [-0.2, -0.15) is 0 Å². The molecule has 0 amide bonds. The Balaban J connectivity index is 3.07. The van der Waals surface area contributed by atoms with Crippen LogP contribution in [0.2, 0.25) is 0 Å². The minimum atomic E-state index is -1.28. The molecule has 1 aromatic carbocycles. The molecule has 0 radical (unpaired) electrons. The van der Waals surface area contributed by atoms with Crippen LogP contribution in [0.5, 0.6) is 0 Å². The second kappa shape index (κ2) is 6.00. The number of nitro benzene ring substituents is 1. The molecule has 0 atom stereocenters. The Bertz CT molecular complexity index is 459. The molecule has 0 aliphatic heterocycles. The second-order valence-electron chi connectivity index (χ2n) is 4.04. The molecule has 0 aromatic heterocycles. The van der Waals surface area contributed by atoms with E-state index in [1.807, 2.05) is 11.9 Å². The number of aromatic carboxylic acids is 1. The summed E-state index contributed by atoms with van der Waals surface area (Å²) in [6.07, 6.45) is 2.01. The Morgan fingerprint density at radius 3 is 2.67 bits per heavy atom. The van der Waals surface area contributed by atoms with Gasteiger partial charge in [0, 0.05) is 25.3 Å². The van der Waals surface area contributed by atoms with Crippen molar-refractivity contribution in [2.75, 3.05) is 18.5 Å². The number of hydrogen-bond donors (Lipinski definition) is 1. The monoisotopic (exact) mass is 252 g/mol. The van der Waals surface area contributed by atoms with Crippen molar-refractivity contribution < 1.29 is 14.8 Å². The van der Waals surface area contributed by atoms with Crippen LogP contribution in [0, 0.1) is 10.1 Å². The second-order valence-corrected chi connectivity index (χ2v) is 4.04. The zero-order valence-electron chi connectivity index (χ0n) is 10.4. The molecular weight excluding hydrogens is 236 g/mol. The fourth-order valence-corrected chi connectivity index (χ4v) is 1.62. The maximum absolute atomic E-state index is 11.0. The number of carboxylic acid groups (broad SMARTS) is 1. The number of hydrogen-bond acceptors (Lipinski definition) is 4. The predicted molar refractivity (Wildman–Crippen MR) is 68.2 cm³/mol. The van der Waals surface area contributed by atoms with Crippen LogP contribution in [0.1, 0.15) is 30.1 Å². The smallest absolute Gasteiger partial charge is 0.342 e. The first kappa shape index (κ1) is 14.0. The standard InChI is InChI=1S/C12H16N2O4/c1-3-4-7-13(2)9-5-6-11(14(17)18)10(8-9)12(15)16/h5-6,8H,3-4,7H2,1-2H3,(H,15,16). The number of anilines is 1. The van der Waals surface area contributed by atoms with Crippen molar-refractivity contribution in [2.24, 2.45) is 0 Å². The van der Waals surface area contributed by atoms with Crippen molar-refractivity contribution in [2.45, 2.75) is 19.8 Å². The molecule has 0 saturated carbocycles. The van der Waals surface area contributed by atoms with Crippen LogP contribution in [-0.4, -0.2) is 29.6 Å². The van der Waals surface area contributed by atoms with E-state index in [0.29, 0.717) is 5.69 Å². The number of carbonyl (C=O) groups is 1. The normalized spacial score (nSPS) is 10.1. The maximum Gasteiger partial charge on any atom is 0.342 e. The first-order valence-corrected chi connectivity index (χ1v) is 5.70. The molecule has 0 spiro atoms. The maximum atomic E-state index is 11.0. The van der Waals surface area contributed by atoms with Gasteiger partial charge < -0.3 is 10.0 Å². The summed E-state index contributed by atoms with van der Waals surface area (Å²) in [6, 6.07) is 4.15. The van der Waals surface area contributed by atoms with E-state index in [0.717, 1.165) is 19.4 Å². The third-order valence-corrected chi connectivity index (χ3v) is 2.70. The molecule has 98 valence electrons. The van der Waals surface area contributed by atoms with Crippen molar-refractivity contribution in [3.05, 3.63) is 33.9 Å². The van der Waals surface area contributed by atoms with Gasteiger partial charge in [-0.3, -0.25) is 10.1 Å². The van der Waals surface area contributed by atoms with Crippen LogP contribution >= 0.6 is 0 Å². The van der Waals surface area contributed by atoms with E-state index in [1.165, 1.54) is 12.1 Å². The molecule has 0 aliphatic rings. The largest absolute Gasteiger partial charge is 0.477 e. The summed E-state index contributed by atoms with van der Waals surface area (Å²) >= 11 is 0. The number of nitro groups is 1. The molecule has 0 heterocycles. The average molecular weight is 252 g/mol. The molecule has 1 aromatic rings. The van der Waals surface area contributed by atoms with Gasteiger partial charge in [-0.05, 0) is 18.6 Å². The molecule has 0 fully saturated rings. The lowest BCUT2D eigenvalue weighted by molar-refractivity contribution is -0.385. The lowest BCUT2D eigenvalue weighted by Crippen LogP contribution is -2.19. The van der Waals surface area contributed by atoms with Crippen LogP contribution in [-0.2, 0) is 0 Å². The van der Waals surface area contributed by atoms with Gasteiger partial charge in [-0.15, -0.1) is 0 Å². The number of nitrogens with zero attached hydrogens (tertiary/aromatic N) is 2. The van der Waals surface area contributed by atoms with E-state index in [9.17, 15) is 14.9 Å². The van der Waals surface area contributed by atoms with E-state index < -0.39 is 10.9 Å². The van der Waals surface area contributed by atoms with Crippen LogP contribution in [0.3, 0.4) is 0 Å². The van der Waals surface area contributed by atoms with Crippen molar-refractivity contribution in [1.29, 1.82) is 0 Å². The summed E-state index contributed by atoms with van der Waals surface area (Å²) in [5, 5.41) is 19.7. The molecule has 6 nitrogen and oxygen atoms in total. The highest BCUT2D eigenvalue weighted by Gasteiger charge is 2.20. The number of benzene rings is 1. The summed E-state index contributed by atoms with van der Waals surface area (Å²) in [5.41, 5.74) is 0.0161. The highest BCUT2D eigenvalue weighted by atomic mass is 16.6. The van der Waals surface area contributed by atoms with E-state index >= 15 is 0 Å². The van der Waals surface area contributed by atoms with Gasteiger partial charge in [-0.1, -0.05) is 13.3 Å². The Morgan fingerprint density at radius 1 is 1.50 bits per heavy atom. The van der Waals surface area contributed by atoms with Crippen molar-refractivity contribution >= 4 is 17.3 Å². The van der Waals surface area contributed by atoms with Crippen LogP contribution in [0.4, 0.5) is 11.4 Å². The number of unbranched alkanes of at least 4 members (excludes halogenated alkanes) is 1. The van der Waals surface area contributed by atoms with Gasteiger partial charge >= 0.3 is 5.97 Å². The van der Waals surface area contributed by atoms with Crippen LogP contribution < -0.4 is 4.90 Å². The SMILES string of the molecule is CCCCN(C)c1ccc([N+](=O)[O-])c(C(=O)O)c1. The van der Waals surface area contributed by atoms with Gasteiger partial charge in [0.25, 0.3) is 5.69 Å². The molecule has 1 N–H and O–H groups in total. The first-order chi connectivity index (χ1) is 8.47. The van der Waals surface area contributed by atoms with Gasteiger partial charge in [0.15, 0.2) is 0 Å². The predicted octanol–water partition coefficient (Wildman–Crippen LogP) is 2.53. The molecule has 0 unspecified atom stereocenters. The Hall–Kier alpha value is -2.11. The van der Waals surface area contributed by atoms with E-state index in [4.69, 9.17) is 5.11 Å². The molecule has 0 aliphatic carbocycles. The molecular formula is C12H16N2O4. The van der Waals surface area contributed by atoms with Crippen molar-refractivity contribution in [3.63, 3.8) is 0 Å². The van der Waals surface area contributed by atoms with E-state index in [2.05, 4.69) is 6.92 Å². The lowest BCUT2D eigenvalue weighted by atomic mass is 10.1. The van der Waals surface area contributed by atoms with Gasteiger partial charge in [0.1, 0.15) is 5.56 Å². The van der Waals surface area contributed by atoms with Gasteiger partial charge in [0.05, 0.1) is 4.92 Å². The van der Waals surface area contributed by atoms with Gasteiger partial charge in [-0.25, -0.2) is 4.79 Å². The summed E-state index contributed by atoms with van der Waals surface area (Å²) in [7, 11) is 1.84. The molecule has 1 rings (SSSR count). The molecule has 18 heavy (non-hydrogen) atoms. The van der Waals surface area contributed by atoms with E-state index in [1.54, 1.807) is 6.07 Å². The highest BCUT2D eigenvalue weighted by Crippen LogP contribution is 2.24. The zero-order chi connectivity index (χ0) is 13.7. The number of rotatable bonds is 6. The Labute approximate surface area is 105 Å². The van der Waals surface area contributed by atoms with E-state index in [-0.39, 0.29) is 11.3 Å². The molecule has 6 heteroatoms. The fraction of sp³-hybridized carbons (Fsp3) is 0.417. The van der Waals surface area contributed by atoms with Crippen molar-refractivity contribution in [1.82, 2.24) is 0 Å². The third kappa shape index (κ3) is 3.19. The minimum absolute atomic E-state index is 0.277. The lowest BCUT2D eigenvalue weighted by Gasteiger charge is -2.19. The number of carboxylic acids is 1. The van der Waals surface area contributed by atoms with Gasteiger partial charge in [0.2, 0.25) is 0 Å². The zero-order valence-corrected chi connectivity index (χ0v) is 10.4. The van der Waals surface area contributed by atoms with Crippen LogP contribution in [0.15, 0.2) is 18.2 Å². The minimum Gasteiger partial charge on any atom is -0.477 e. The Morgan fingerprint density at radius 2 is 2.17 bits per heavy atom. The van der Waals surface area contributed by atoms with Crippen molar-refractivity contribution in [3.8, 4) is 0 Å². The topological polar surface area (TPSA) is 83.7 Å². The first-order valence-electron chi connectivity index (χ1n) is 5.70. The Kier molecular flexibility index (Phi) is 4.65. The average Bonchev–Trinajstić information content (AvgIpc) is 2.34. The highest BCUT2D eigenvalue weighted by molar-refractivity contribution is 5.93. The summed E-state index contributed by atoms with van der Waals surface area (Å²) in [4.78, 5) is 22.9. The summed E-state index contributed by atoms with van der Waals surface area (Å²) < 4.78 is 0. The summed E-state index contributed by atoms with van der Waals surface area (Å²) in [6.45, 7) is 2.85. The third-order valence-electron chi connectivity index (χ3n) is 2.70. The fourth-order valence-electron chi connectivity index (χ4n) is 1.62.